The molecule has 36 heavy (non-hydrogen) atoms. The van der Waals surface area contributed by atoms with E-state index in [1.165, 1.54) is 25.4 Å². The zero-order valence-corrected chi connectivity index (χ0v) is 20.5. The second-order valence-corrected chi connectivity index (χ2v) is 9.00. The molecule has 0 spiro atoms. The molecule has 3 heterocycles. The van der Waals surface area contributed by atoms with Crippen molar-refractivity contribution >= 4 is 45.0 Å². The molecule has 5 rings (SSSR count). The molecule has 8 nitrogen and oxygen atoms in total. The van der Waals surface area contributed by atoms with Gasteiger partial charge in [0.25, 0.3) is 0 Å². The van der Waals surface area contributed by atoms with Crippen LogP contribution in [0.15, 0.2) is 49.2 Å². The molecule has 0 aliphatic carbocycles. The van der Waals surface area contributed by atoms with E-state index in [1.54, 1.807) is 29.2 Å². The van der Waals surface area contributed by atoms with E-state index in [-0.39, 0.29) is 34.9 Å². The third kappa shape index (κ3) is 3.95. The van der Waals surface area contributed by atoms with Gasteiger partial charge in [-0.25, -0.2) is 4.39 Å². The molecule has 0 unspecified atom stereocenters. The number of anilines is 1. The standard InChI is InChI=1S/C26H23ClFN5O3/c1-4-20(35)33-9-8-15(13-33)32(2)25-18-12-29-23(22(28)24(18)30-26(31-25)36-3)17-11-16(34)10-14-6-5-7-19(27)21(14)17/h4-7,10-12,15,34H,1,8-9,13H2,2-3H3/t15-/m1/s1. The minimum atomic E-state index is -0.690. The number of fused-ring (bicyclic) bond motifs is 2. The van der Waals surface area contributed by atoms with Crippen molar-refractivity contribution in [3.63, 3.8) is 0 Å². The molecule has 1 N–H and O–H groups in total. The van der Waals surface area contributed by atoms with Gasteiger partial charge in [0.15, 0.2) is 5.82 Å². The van der Waals surface area contributed by atoms with Crippen LogP contribution in [0.4, 0.5) is 10.2 Å². The lowest BCUT2D eigenvalue weighted by Gasteiger charge is -2.27. The number of likely N-dealkylation sites (N-methyl/N-ethyl adjacent to an activating group) is 1. The smallest absolute Gasteiger partial charge is 0.318 e. The SMILES string of the molecule is C=CC(=O)N1CC[C@@H](N(C)c2nc(OC)nc3c(F)c(-c4cc(O)cc5cccc(Cl)c45)ncc23)C1. The van der Waals surface area contributed by atoms with Gasteiger partial charge >= 0.3 is 6.01 Å². The van der Waals surface area contributed by atoms with Crippen LogP contribution in [-0.2, 0) is 4.79 Å². The summed E-state index contributed by atoms with van der Waals surface area (Å²) in [6.07, 6.45) is 3.52. The number of carbonyl (C=O) groups excluding carboxylic acids is 1. The Morgan fingerprint density at radius 3 is 2.92 bits per heavy atom. The van der Waals surface area contributed by atoms with Crippen molar-refractivity contribution < 1.29 is 19.0 Å². The van der Waals surface area contributed by atoms with Crippen molar-refractivity contribution in [1.82, 2.24) is 19.9 Å². The third-order valence-corrected chi connectivity index (χ3v) is 6.84. The molecule has 10 heteroatoms. The van der Waals surface area contributed by atoms with Gasteiger partial charge in [0.2, 0.25) is 5.91 Å². The molecular formula is C26H23ClFN5O3. The molecular weight excluding hydrogens is 485 g/mol. The first-order valence-electron chi connectivity index (χ1n) is 11.3. The van der Waals surface area contributed by atoms with E-state index in [0.717, 1.165) is 0 Å². The Balaban J connectivity index is 1.66. The Hall–Kier alpha value is -3.98. The summed E-state index contributed by atoms with van der Waals surface area (Å²) < 4.78 is 21.4. The highest BCUT2D eigenvalue weighted by molar-refractivity contribution is 6.36. The van der Waals surface area contributed by atoms with Crippen molar-refractivity contribution in [2.75, 3.05) is 32.1 Å². The average Bonchev–Trinajstić information content (AvgIpc) is 3.37. The number of likely N-dealkylation sites (tertiary alicyclic amines) is 1. The molecule has 4 aromatic rings. The molecule has 1 amide bonds. The number of ether oxygens (including phenoxy) is 1. The number of rotatable bonds is 5. The number of aromatic hydroxyl groups is 1. The van der Waals surface area contributed by atoms with Crippen LogP contribution in [0.3, 0.4) is 0 Å². The quantitative estimate of drug-likeness (QED) is 0.395. The maximum absolute atomic E-state index is 16.1. The molecule has 1 atom stereocenters. The molecule has 1 fully saturated rings. The number of carbonyl (C=O) groups is 1. The number of benzene rings is 2. The fourth-order valence-electron chi connectivity index (χ4n) is 4.68. The summed E-state index contributed by atoms with van der Waals surface area (Å²) in [4.78, 5) is 28.8. The van der Waals surface area contributed by atoms with E-state index < -0.39 is 5.82 Å². The zero-order chi connectivity index (χ0) is 25.6. The fraction of sp³-hybridized carbons (Fsp3) is 0.231. The summed E-state index contributed by atoms with van der Waals surface area (Å²) in [6, 6.07) is 8.17. The predicted octanol–water partition coefficient (Wildman–Crippen LogP) is 4.57. The molecule has 2 aromatic heterocycles. The molecule has 1 aliphatic rings. The number of methoxy groups -OCH3 is 1. The van der Waals surface area contributed by atoms with Crippen LogP contribution in [0.5, 0.6) is 11.8 Å². The van der Waals surface area contributed by atoms with Gasteiger partial charge in [-0.3, -0.25) is 9.78 Å². The van der Waals surface area contributed by atoms with Gasteiger partial charge < -0.3 is 19.6 Å². The molecule has 184 valence electrons. The third-order valence-electron chi connectivity index (χ3n) is 6.52. The van der Waals surface area contributed by atoms with E-state index in [2.05, 4.69) is 21.5 Å². The predicted molar refractivity (Wildman–Crippen MR) is 137 cm³/mol. The Labute approximate surface area is 211 Å². The summed E-state index contributed by atoms with van der Waals surface area (Å²) in [5.41, 5.74) is 0.362. The number of hydrogen-bond acceptors (Lipinski definition) is 7. The average molecular weight is 508 g/mol. The number of pyridine rings is 1. The molecule has 1 aliphatic heterocycles. The first-order valence-corrected chi connectivity index (χ1v) is 11.7. The highest BCUT2D eigenvalue weighted by Crippen LogP contribution is 2.39. The van der Waals surface area contributed by atoms with Crippen molar-refractivity contribution in [1.29, 1.82) is 0 Å². The van der Waals surface area contributed by atoms with E-state index in [4.69, 9.17) is 16.3 Å². The topological polar surface area (TPSA) is 91.7 Å². The van der Waals surface area contributed by atoms with E-state index in [9.17, 15) is 9.90 Å². The van der Waals surface area contributed by atoms with Crippen molar-refractivity contribution in [3.8, 4) is 23.0 Å². The van der Waals surface area contributed by atoms with Gasteiger partial charge in [-0.2, -0.15) is 9.97 Å². The fourth-order valence-corrected chi connectivity index (χ4v) is 4.97. The second kappa shape index (κ2) is 9.23. The Kier molecular flexibility index (Phi) is 6.09. The summed E-state index contributed by atoms with van der Waals surface area (Å²) in [7, 11) is 3.25. The largest absolute Gasteiger partial charge is 0.508 e. The number of amides is 1. The monoisotopic (exact) mass is 507 g/mol. The number of aromatic nitrogens is 3. The van der Waals surface area contributed by atoms with Gasteiger partial charge in [0, 0.05) is 48.3 Å². The number of halogens is 2. The van der Waals surface area contributed by atoms with Crippen LogP contribution in [0, 0.1) is 5.82 Å². The maximum atomic E-state index is 16.1. The molecule has 0 bridgehead atoms. The first kappa shape index (κ1) is 23.7. The van der Waals surface area contributed by atoms with E-state index in [1.807, 2.05) is 11.9 Å². The lowest BCUT2D eigenvalue weighted by molar-refractivity contribution is -0.125. The summed E-state index contributed by atoms with van der Waals surface area (Å²) in [6.45, 7) is 4.62. The summed E-state index contributed by atoms with van der Waals surface area (Å²) in [5, 5.41) is 12.3. The number of phenolic OH excluding ortho intramolecular Hbond substituents is 1. The molecule has 2 aromatic carbocycles. The van der Waals surface area contributed by atoms with Crippen LogP contribution in [-0.4, -0.2) is 64.2 Å². The lowest BCUT2D eigenvalue weighted by Crippen LogP contribution is -2.36. The number of hydrogen-bond donors (Lipinski definition) is 1. The Morgan fingerprint density at radius 2 is 2.17 bits per heavy atom. The van der Waals surface area contributed by atoms with Crippen LogP contribution in [0.2, 0.25) is 5.02 Å². The maximum Gasteiger partial charge on any atom is 0.318 e. The molecule has 0 saturated carbocycles. The Morgan fingerprint density at radius 1 is 1.36 bits per heavy atom. The summed E-state index contributed by atoms with van der Waals surface area (Å²) in [5.74, 6) is -0.428. The van der Waals surface area contributed by atoms with Gasteiger partial charge in [-0.1, -0.05) is 30.3 Å². The van der Waals surface area contributed by atoms with Gasteiger partial charge in [0.1, 0.15) is 22.8 Å². The highest BCUT2D eigenvalue weighted by atomic mass is 35.5. The van der Waals surface area contributed by atoms with Crippen LogP contribution in [0.1, 0.15) is 6.42 Å². The Bertz CT molecular complexity index is 1530. The van der Waals surface area contributed by atoms with Crippen molar-refractivity contribution in [2.45, 2.75) is 12.5 Å². The van der Waals surface area contributed by atoms with Crippen LogP contribution >= 0.6 is 11.6 Å². The van der Waals surface area contributed by atoms with Crippen LogP contribution < -0.4 is 9.64 Å². The van der Waals surface area contributed by atoms with E-state index >= 15 is 4.39 Å². The first-order chi connectivity index (χ1) is 17.3. The lowest BCUT2D eigenvalue weighted by atomic mass is 10.00. The van der Waals surface area contributed by atoms with Crippen molar-refractivity contribution in [3.05, 3.63) is 60.0 Å². The zero-order valence-electron chi connectivity index (χ0n) is 19.7. The number of nitrogens with zero attached hydrogens (tertiary/aromatic N) is 5. The second-order valence-electron chi connectivity index (χ2n) is 8.59. The summed E-state index contributed by atoms with van der Waals surface area (Å²) >= 11 is 6.45. The highest BCUT2D eigenvalue weighted by Gasteiger charge is 2.30. The number of phenols is 1. The van der Waals surface area contributed by atoms with Crippen LogP contribution in [0.25, 0.3) is 32.9 Å². The van der Waals surface area contributed by atoms with Crippen molar-refractivity contribution in [2.24, 2.45) is 0 Å². The van der Waals surface area contributed by atoms with Gasteiger partial charge in [0.05, 0.1) is 12.5 Å². The molecule has 1 saturated heterocycles. The minimum Gasteiger partial charge on any atom is -0.508 e. The molecule has 0 radical (unpaired) electrons. The van der Waals surface area contributed by atoms with Gasteiger partial charge in [-0.15, -0.1) is 0 Å². The van der Waals surface area contributed by atoms with Gasteiger partial charge in [-0.05, 0) is 36.1 Å². The minimum absolute atomic E-state index is 0.00350. The normalized spacial score (nSPS) is 15.4. The van der Waals surface area contributed by atoms with E-state index in [0.29, 0.717) is 52.1 Å².